The van der Waals surface area contributed by atoms with Gasteiger partial charge >= 0.3 is 0 Å². The Kier molecular flexibility index (Phi) is 4.22. The third-order valence-electron chi connectivity index (χ3n) is 4.91. The third-order valence-corrected chi connectivity index (χ3v) is 4.91. The van der Waals surface area contributed by atoms with Crippen LogP contribution < -0.4 is 5.73 Å². The van der Waals surface area contributed by atoms with E-state index in [1.807, 2.05) is 11.0 Å². The minimum atomic E-state index is 0.124. The molecule has 2 aliphatic heterocycles. The highest BCUT2D eigenvalue weighted by atomic mass is 16.2. The number of carbonyl (C=O) groups excluding carboxylic acids is 1. The lowest BCUT2D eigenvalue weighted by atomic mass is 9.84. The zero-order valence-electron chi connectivity index (χ0n) is 12.7. The van der Waals surface area contributed by atoms with Crippen molar-refractivity contribution in [2.24, 2.45) is 11.7 Å². The molecule has 2 unspecified atom stereocenters. The number of pyridine rings is 1. The maximum absolute atomic E-state index is 12.7. The molecule has 2 saturated heterocycles. The second-order valence-electron chi connectivity index (χ2n) is 6.23. The molecule has 2 fully saturated rings. The Hall–Kier alpha value is -1.46. The number of piperidine rings is 2. The summed E-state index contributed by atoms with van der Waals surface area (Å²) >= 11 is 0. The van der Waals surface area contributed by atoms with Gasteiger partial charge < -0.3 is 15.5 Å². The van der Waals surface area contributed by atoms with Crippen molar-refractivity contribution in [3.63, 3.8) is 0 Å². The second-order valence-corrected chi connectivity index (χ2v) is 6.23. The second kappa shape index (κ2) is 6.12. The molecule has 1 amide bonds. The van der Waals surface area contributed by atoms with Crippen molar-refractivity contribution < 1.29 is 4.79 Å². The molecule has 114 valence electrons. The van der Waals surface area contributed by atoms with E-state index >= 15 is 0 Å². The predicted octanol–water partition coefficient (Wildman–Crippen LogP) is 1.10. The summed E-state index contributed by atoms with van der Waals surface area (Å²) < 4.78 is 0. The van der Waals surface area contributed by atoms with Gasteiger partial charge in [0.15, 0.2) is 0 Å². The van der Waals surface area contributed by atoms with E-state index in [2.05, 4.69) is 16.9 Å². The summed E-state index contributed by atoms with van der Waals surface area (Å²) in [5, 5.41) is 0. The number of nitrogens with zero attached hydrogens (tertiary/aromatic N) is 3. The molecule has 1 aromatic heterocycles. The lowest BCUT2D eigenvalue weighted by molar-refractivity contribution is 0.0317. The molecule has 2 N–H and O–H groups in total. The van der Waals surface area contributed by atoms with Gasteiger partial charge in [-0.05, 0) is 50.9 Å². The number of hydrogen-bond donors (Lipinski definition) is 1. The zero-order chi connectivity index (χ0) is 14.8. The van der Waals surface area contributed by atoms with Gasteiger partial charge in [0.2, 0.25) is 0 Å². The Bertz CT molecular complexity index is 519. The van der Waals surface area contributed by atoms with E-state index < -0.39 is 0 Å². The van der Waals surface area contributed by atoms with Crippen LogP contribution in [0.1, 0.15) is 35.3 Å². The SMILES string of the molecule is CN1CCCC2CN(C(=O)c3ccnc(CN)c3)CCC21. The number of likely N-dealkylation sites (tertiary alicyclic amines) is 2. The quantitative estimate of drug-likeness (QED) is 0.885. The highest BCUT2D eigenvalue weighted by Crippen LogP contribution is 2.30. The predicted molar refractivity (Wildman–Crippen MR) is 81.8 cm³/mol. The molecule has 0 radical (unpaired) electrons. The van der Waals surface area contributed by atoms with Gasteiger partial charge in [-0.15, -0.1) is 0 Å². The summed E-state index contributed by atoms with van der Waals surface area (Å²) in [4.78, 5) is 21.3. The monoisotopic (exact) mass is 288 g/mol. The lowest BCUT2D eigenvalue weighted by Crippen LogP contribution is -2.53. The van der Waals surface area contributed by atoms with E-state index in [0.717, 1.165) is 25.2 Å². The summed E-state index contributed by atoms with van der Waals surface area (Å²) in [5.41, 5.74) is 7.09. The number of carbonyl (C=O) groups is 1. The van der Waals surface area contributed by atoms with Crippen LogP contribution >= 0.6 is 0 Å². The van der Waals surface area contributed by atoms with E-state index in [1.165, 1.54) is 19.4 Å². The topological polar surface area (TPSA) is 62.5 Å². The number of rotatable bonds is 2. The third kappa shape index (κ3) is 2.94. The van der Waals surface area contributed by atoms with Gasteiger partial charge in [-0.1, -0.05) is 0 Å². The van der Waals surface area contributed by atoms with Crippen molar-refractivity contribution in [2.45, 2.75) is 31.8 Å². The first-order chi connectivity index (χ1) is 10.2. The zero-order valence-corrected chi connectivity index (χ0v) is 12.7. The molecule has 0 saturated carbocycles. The van der Waals surface area contributed by atoms with Gasteiger partial charge in [-0.2, -0.15) is 0 Å². The largest absolute Gasteiger partial charge is 0.338 e. The standard InChI is InChI=1S/C16H24N4O/c1-19-7-2-3-13-11-20(8-5-15(13)19)16(21)12-4-6-18-14(9-12)10-17/h4,6,9,13,15H,2-3,5,7-8,10-11,17H2,1H3. The van der Waals surface area contributed by atoms with Crippen molar-refractivity contribution in [1.29, 1.82) is 0 Å². The van der Waals surface area contributed by atoms with Gasteiger partial charge in [0.25, 0.3) is 5.91 Å². The van der Waals surface area contributed by atoms with E-state index in [-0.39, 0.29) is 5.91 Å². The first kappa shape index (κ1) is 14.5. The van der Waals surface area contributed by atoms with Crippen LogP contribution in [0.4, 0.5) is 0 Å². The van der Waals surface area contributed by atoms with Crippen LogP contribution in [0.2, 0.25) is 0 Å². The molecule has 0 bridgehead atoms. The number of amides is 1. The number of aromatic nitrogens is 1. The van der Waals surface area contributed by atoms with Crippen LogP contribution in [0.3, 0.4) is 0 Å². The number of hydrogen-bond acceptors (Lipinski definition) is 4. The fourth-order valence-corrected chi connectivity index (χ4v) is 3.74. The Labute approximate surface area is 126 Å². The van der Waals surface area contributed by atoms with Crippen LogP contribution in [0.5, 0.6) is 0 Å². The summed E-state index contributed by atoms with van der Waals surface area (Å²) in [6.07, 6.45) is 5.24. The molecular weight excluding hydrogens is 264 g/mol. The smallest absolute Gasteiger partial charge is 0.253 e. The Morgan fingerprint density at radius 2 is 2.29 bits per heavy atom. The van der Waals surface area contributed by atoms with Crippen molar-refractivity contribution in [3.8, 4) is 0 Å². The maximum atomic E-state index is 12.7. The highest BCUT2D eigenvalue weighted by molar-refractivity contribution is 5.94. The number of fused-ring (bicyclic) bond motifs is 1. The molecule has 5 heteroatoms. The summed E-state index contributed by atoms with van der Waals surface area (Å²) in [7, 11) is 2.21. The van der Waals surface area contributed by atoms with Crippen LogP contribution in [0.15, 0.2) is 18.3 Å². The first-order valence-corrected chi connectivity index (χ1v) is 7.83. The molecule has 0 spiro atoms. The van der Waals surface area contributed by atoms with Gasteiger partial charge in [0.05, 0.1) is 5.69 Å². The maximum Gasteiger partial charge on any atom is 0.253 e. The highest BCUT2D eigenvalue weighted by Gasteiger charge is 2.35. The van der Waals surface area contributed by atoms with Crippen LogP contribution in [-0.4, -0.2) is 53.4 Å². The Morgan fingerprint density at radius 1 is 1.43 bits per heavy atom. The van der Waals surface area contributed by atoms with E-state index in [4.69, 9.17) is 5.73 Å². The Balaban J connectivity index is 1.71. The lowest BCUT2D eigenvalue weighted by Gasteiger charge is -2.46. The van der Waals surface area contributed by atoms with Crippen molar-refractivity contribution in [1.82, 2.24) is 14.8 Å². The van der Waals surface area contributed by atoms with Crippen LogP contribution in [0.25, 0.3) is 0 Å². The normalized spacial score (nSPS) is 26.5. The van der Waals surface area contributed by atoms with Crippen molar-refractivity contribution >= 4 is 5.91 Å². The average Bonchev–Trinajstić information content (AvgIpc) is 2.54. The Morgan fingerprint density at radius 3 is 3.10 bits per heavy atom. The molecule has 3 rings (SSSR count). The summed E-state index contributed by atoms with van der Waals surface area (Å²) in [5.74, 6) is 0.746. The van der Waals surface area contributed by atoms with E-state index in [1.54, 1.807) is 12.3 Å². The minimum absolute atomic E-state index is 0.124. The van der Waals surface area contributed by atoms with Gasteiger partial charge in [0, 0.05) is 37.4 Å². The molecule has 1 aromatic rings. The molecule has 0 aliphatic carbocycles. The van der Waals surface area contributed by atoms with Crippen LogP contribution in [0, 0.1) is 5.92 Å². The minimum Gasteiger partial charge on any atom is -0.338 e. The fourth-order valence-electron chi connectivity index (χ4n) is 3.74. The van der Waals surface area contributed by atoms with E-state index in [9.17, 15) is 4.79 Å². The molecule has 2 aliphatic rings. The van der Waals surface area contributed by atoms with Gasteiger partial charge in [-0.25, -0.2) is 0 Å². The molecule has 5 nitrogen and oxygen atoms in total. The summed E-state index contributed by atoms with van der Waals surface area (Å²) in [6.45, 7) is 3.30. The molecule has 21 heavy (non-hydrogen) atoms. The molecule has 2 atom stereocenters. The first-order valence-electron chi connectivity index (χ1n) is 7.83. The number of nitrogens with two attached hydrogens (primary N) is 1. The molecule has 3 heterocycles. The molecular formula is C16H24N4O. The van der Waals surface area contributed by atoms with Gasteiger partial charge in [-0.3, -0.25) is 9.78 Å². The van der Waals surface area contributed by atoms with E-state index in [0.29, 0.717) is 24.1 Å². The average molecular weight is 288 g/mol. The van der Waals surface area contributed by atoms with Gasteiger partial charge in [0.1, 0.15) is 0 Å². The fraction of sp³-hybridized carbons (Fsp3) is 0.625. The summed E-state index contributed by atoms with van der Waals surface area (Å²) in [6, 6.07) is 4.27. The van der Waals surface area contributed by atoms with Crippen LogP contribution in [-0.2, 0) is 6.54 Å². The molecule has 0 aromatic carbocycles. The van der Waals surface area contributed by atoms with Crippen molar-refractivity contribution in [2.75, 3.05) is 26.7 Å². The van der Waals surface area contributed by atoms with Crippen molar-refractivity contribution in [3.05, 3.63) is 29.6 Å².